The first-order valence-electron chi connectivity index (χ1n) is 4.73. The molecule has 1 rings (SSSR count). The standard InChI is InChI=1S/C12H12O3S/c1-3-9-16(14,15)10(2)12(13)11-7-5-4-6-8-11/h1,4-8,10H,9H2,2H3. The molecule has 0 heterocycles. The van der Waals surface area contributed by atoms with Crippen molar-refractivity contribution in [2.75, 3.05) is 5.75 Å². The Morgan fingerprint density at radius 2 is 1.94 bits per heavy atom. The summed E-state index contributed by atoms with van der Waals surface area (Å²) in [6.07, 6.45) is 4.95. The van der Waals surface area contributed by atoms with Gasteiger partial charge in [-0.15, -0.1) is 6.42 Å². The maximum absolute atomic E-state index is 11.8. The van der Waals surface area contributed by atoms with Crippen LogP contribution in [0.15, 0.2) is 30.3 Å². The van der Waals surface area contributed by atoms with Crippen LogP contribution in [0.25, 0.3) is 0 Å². The first-order valence-corrected chi connectivity index (χ1v) is 6.45. The van der Waals surface area contributed by atoms with Crippen LogP contribution in [0.1, 0.15) is 17.3 Å². The minimum Gasteiger partial charge on any atom is -0.293 e. The van der Waals surface area contributed by atoms with Gasteiger partial charge in [0.25, 0.3) is 0 Å². The number of sulfone groups is 1. The summed E-state index contributed by atoms with van der Waals surface area (Å²) in [5.74, 6) is 1.22. The molecule has 0 aliphatic carbocycles. The monoisotopic (exact) mass is 236 g/mol. The quantitative estimate of drug-likeness (QED) is 0.585. The van der Waals surface area contributed by atoms with Crippen molar-refractivity contribution in [3.05, 3.63) is 35.9 Å². The highest BCUT2D eigenvalue weighted by molar-refractivity contribution is 7.93. The number of carbonyl (C=O) groups is 1. The van der Waals surface area contributed by atoms with Gasteiger partial charge >= 0.3 is 0 Å². The van der Waals surface area contributed by atoms with Crippen molar-refractivity contribution >= 4 is 15.6 Å². The molecule has 0 aliphatic rings. The highest BCUT2D eigenvalue weighted by Crippen LogP contribution is 2.10. The Hall–Kier alpha value is -1.60. The number of carbonyl (C=O) groups excluding carboxylic acids is 1. The van der Waals surface area contributed by atoms with Gasteiger partial charge in [-0.25, -0.2) is 8.42 Å². The molecular weight excluding hydrogens is 224 g/mol. The lowest BCUT2D eigenvalue weighted by molar-refractivity contribution is 0.0991. The third-order valence-corrected chi connectivity index (χ3v) is 4.11. The van der Waals surface area contributed by atoms with E-state index in [1.807, 2.05) is 0 Å². The summed E-state index contributed by atoms with van der Waals surface area (Å²) in [4.78, 5) is 11.8. The van der Waals surface area contributed by atoms with Crippen LogP contribution < -0.4 is 0 Å². The van der Waals surface area contributed by atoms with Crippen LogP contribution in [-0.2, 0) is 9.84 Å². The summed E-state index contributed by atoms with van der Waals surface area (Å²) in [5, 5.41) is -1.09. The van der Waals surface area contributed by atoms with E-state index in [-0.39, 0.29) is 0 Å². The van der Waals surface area contributed by atoms with Crippen molar-refractivity contribution in [2.24, 2.45) is 0 Å². The van der Waals surface area contributed by atoms with Crippen LogP contribution in [0.2, 0.25) is 0 Å². The molecule has 84 valence electrons. The largest absolute Gasteiger partial charge is 0.293 e. The SMILES string of the molecule is C#CCS(=O)(=O)C(C)C(=O)c1ccccc1. The number of rotatable bonds is 4. The summed E-state index contributed by atoms with van der Waals surface area (Å²) >= 11 is 0. The van der Waals surface area contributed by atoms with Crippen molar-refractivity contribution in [1.82, 2.24) is 0 Å². The minimum atomic E-state index is -3.54. The summed E-state index contributed by atoms with van der Waals surface area (Å²) in [5.41, 5.74) is 0.385. The third-order valence-electron chi connectivity index (χ3n) is 2.25. The summed E-state index contributed by atoms with van der Waals surface area (Å²) in [6.45, 7) is 1.36. The lowest BCUT2D eigenvalue weighted by atomic mass is 10.1. The Kier molecular flexibility index (Phi) is 3.86. The van der Waals surface area contributed by atoms with Gasteiger partial charge in [0.2, 0.25) is 0 Å². The van der Waals surface area contributed by atoms with Crippen LogP contribution in [0.3, 0.4) is 0 Å². The summed E-state index contributed by atoms with van der Waals surface area (Å²) < 4.78 is 23.2. The Bertz CT molecular complexity index is 509. The Morgan fingerprint density at radius 3 is 2.44 bits per heavy atom. The predicted molar refractivity (Wildman–Crippen MR) is 62.9 cm³/mol. The lowest BCUT2D eigenvalue weighted by Crippen LogP contribution is -2.29. The number of ketones is 1. The number of hydrogen-bond acceptors (Lipinski definition) is 3. The molecule has 0 spiro atoms. The van der Waals surface area contributed by atoms with Gasteiger partial charge in [-0.3, -0.25) is 4.79 Å². The third kappa shape index (κ3) is 2.71. The van der Waals surface area contributed by atoms with Gasteiger partial charge in [-0.1, -0.05) is 36.3 Å². The lowest BCUT2D eigenvalue weighted by Gasteiger charge is -2.09. The molecule has 3 nitrogen and oxygen atoms in total. The van der Waals surface area contributed by atoms with E-state index in [1.165, 1.54) is 6.92 Å². The molecule has 0 saturated heterocycles. The van der Waals surface area contributed by atoms with Crippen molar-refractivity contribution in [3.8, 4) is 12.3 Å². The molecule has 0 amide bonds. The highest BCUT2D eigenvalue weighted by Gasteiger charge is 2.27. The zero-order valence-corrected chi connectivity index (χ0v) is 9.70. The van der Waals surface area contributed by atoms with Gasteiger partial charge in [0.15, 0.2) is 15.6 Å². The van der Waals surface area contributed by atoms with Crippen molar-refractivity contribution in [2.45, 2.75) is 12.2 Å². The zero-order chi connectivity index (χ0) is 12.2. The molecule has 4 heteroatoms. The van der Waals surface area contributed by atoms with E-state index in [2.05, 4.69) is 5.92 Å². The average molecular weight is 236 g/mol. The zero-order valence-electron chi connectivity index (χ0n) is 8.88. The van der Waals surface area contributed by atoms with E-state index in [0.29, 0.717) is 5.56 Å². The predicted octanol–water partition coefficient (Wildman–Crippen LogP) is 1.31. The molecule has 1 atom stereocenters. The van der Waals surface area contributed by atoms with E-state index >= 15 is 0 Å². The second-order valence-electron chi connectivity index (χ2n) is 3.38. The Labute approximate surface area is 95.4 Å². The number of terminal acetylenes is 1. The maximum atomic E-state index is 11.8. The van der Waals surface area contributed by atoms with E-state index in [4.69, 9.17) is 6.42 Å². The van der Waals surface area contributed by atoms with Crippen LogP contribution in [0.4, 0.5) is 0 Å². The molecule has 0 fully saturated rings. The molecule has 0 aliphatic heterocycles. The maximum Gasteiger partial charge on any atom is 0.180 e. The van der Waals surface area contributed by atoms with Crippen molar-refractivity contribution in [3.63, 3.8) is 0 Å². The fourth-order valence-electron chi connectivity index (χ4n) is 1.24. The van der Waals surface area contributed by atoms with E-state index in [9.17, 15) is 13.2 Å². The van der Waals surface area contributed by atoms with Crippen LogP contribution in [0.5, 0.6) is 0 Å². The molecule has 0 bridgehead atoms. The fraction of sp³-hybridized carbons (Fsp3) is 0.250. The Balaban J connectivity index is 2.97. The average Bonchev–Trinajstić information content (AvgIpc) is 2.28. The first kappa shape index (κ1) is 12.5. The summed E-state index contributed by atoms with van der Waals surface area (Å²) in [6, 6.07) is 8.31. The molecular formula is C12H12O3S. The molecule has 16 heavy (non-hydrogen) atoms. The smallest absolute Gasteiger partial charge is 0.180 e. The van der Waals surface area contributed by atoms with Gasteiger partial charge in [-0.2, -0.15) is 0 Å². The van der Waals surface area contributed by atoms with E-state index < -0.39 is 26.6 Å². The van der Waals surface area contributed by atoms with Crippen LogP contribution >= 0.6 is 0 Å². The van der Waals surface area contributed by atoms with Crippen LogP contribution in [0, 0.1) is 12.3 Å². The van der Waals surface area contributed by atoms with Gasteiger partial charge in [0, 0.05) is 5.56 Å². The molecule has 0 saturated carbocycles. The molecule has 1 aromatic carbocycles. The molecule has 1 aromatic rings. The summed E-state index contributed by atoms with van der Waals surface area (Å²) in [7, 11) is -3.54. The molecule has 0 N–H and O–H groups in total. The minimum absolute atomic E-state index is 0.385. The number of Topliss-reactive ketones (excluding diaryl/α,β-unsaturated/α-hetero) is 1. The van der Waals surface area contributed by atoms with Gasteiger partial charge < -0.3 is 0 Å². The molecule has 0 aromatic heterocycles. The second kappa shape index (κ2) is 4.95. The van der Waals surface area contributed by atoms with Crippen molar-refractivity contribution in [1.29, 1.82) is 0 Å². The molecule has 1 unspecified atom stereocenters. The van der Waals surface area contributed by atoms with Crippen molar-refractivity contribution < 1.29 is 13.2 Å². The van der Waals surface area contributed by atoms with Gasteiger partial charge in [-0.05, 0) is 6.92 Å². The van der Waals surface area contributed by atoms with E-state index in [1.54, 1.807) is 30.3 Å². The molecule has 0 radical (unpaired) electrons. The first-order chi connectivity index (χ1) is 7.49. The Morgan fingerprint density at radius 1 is 1.38 bits per heavy atom. The van der Waals surface area contributed by atoms with Crippen LogP contribution in [-0.4, -0.2) is 25.2 Å². The fourth-order valence-corrected chi connectivity index (χ4v) is 2.19. The topological polar surface area (TPSA) is 51.2 Å². The highest BCUT2D eigenvalue weighted by atomic mass is 32.2. The van der Waals surface area contributed by atoms with E-state index in [0.717, 1.165) is 0 Å². The second-order valence-corrected chi connectivity index (χ2v) is 5.71. The normalized spacial score (nSPS) is 12.8. The van der Waals surface area contributed by atoms with Gasteiger partial charge in [0.1, 0.15) is 11.0 Å². The van der Waals surface area contributed by atoms with Gasteiger partial charge in [0.05, 0.1) is 0 Å². The number of hydrogen-bond donors (Lipinski definition) is 0. The number of benzene rings is 1.